The highest BCUT2D eigenvalue weighted by Gasteiger charge is 2.13. The first kappa shape index (κ1) is 20.3. The van der Waals surface area contributed by atoms with E-state index in [4.69, 9.17) is 0 Å². The van der Waals surface area contributed by atoms with Gasteiger partial charge in [0.25, 0.3) is 0 Å². The van der Waals surface area contributed by atoms with Crippen molar-refractivity contribution >= 4 is 27.4 Å². The molecule has 8 heteroatoms. The molecule has 0 spiro atoms. The van der Waals surface area contributed by atoms with E-state index >= 15 is 0 Å². The fourth-order valence-corrected chi connectivity index (χ4v) is 3.97. The quantitative estimate of drug-likeness (QED) is 0.553. The van der Waals surface area contributed by atoms with Crippen LogP contribution < -0.4 is 15.4 Å². The summed E-state index contributed by atoms with van der Waals surface area (Å²) < 4.78 is 27.4. The van der Waals surface area contributed by atoms with Crippen LogP contribution in [0.4, 0.5) is 16.2 Å². The smallest absolute Gasteiger partial charge is 0.319 e. The third-order valence-corrected chi connectivity index (χ3v) is 5.46. The number of pyridine rings is 1. The maximum absolute atomic E-state index is 12.4. The van der Waals surface area contributed by atoms with E-state index in [1.165, 1.54) is 0 Å². The number of benzene rings is 2. The number of nitrogens with zero attached hydrogens (tertiary/aromatic N) is 1. The predicted molar refractivity (Wildman–Crippen MR) is 114 cm³/mol. The van der Waals surface area contributed by atoms with Crippen LogP contribution in [0.1, 0.15) is 16.7 Å². The van der Waals surface area contributed by atoms with Crippen molar-refractivity contribution in [2.45, 2.75) is 19.2 Å². The Labute approximate surface area is 170 Å². The number of carbonyl (C=O) groups excluding carboxylic acids is 1. The van der Waals surface area contributed by atoms with Gasteiger partial charge in [-0.3, -0.25) is 9.71 Å². The first-order valence-corrected chi connectivity index (χ1v) is 10.7. The van der Waals surface area contributed by atoms with Gasteiger partial charge in [0.2, 0.25) is 10.0 Å². The molecule has 3 N–H and O–H groups in total. The second kappa shape index (κ2) is 9.20. The maximum Gasteiger partial charge on any atom is 0.319 e. The van der Waals surface area contributed by atoms with Crippen LogP contribution in [0.5, 0.6) is 0 Å². The summed E-state index contributed by atoms with van der Waals surface area (Å²) in [5, 5.41) is 5.45. The molecule has 1 heterocycles. The lowest BCUT2D eigenvalue weighted by atomic mass is 10.1. The number of hydrogen-bond donors (Lipinski definition) is 3. The Morgan fingerprint density at radius 1 is 0.931 bits per heavy atom. The number of urea groups is 1. The van der Waals surface area contributed by atoms with Gasteiger partial charge < -0.3 is 10.6 Å². The average Bonchev–Trinajstić information content (AvgIpc) is 2.70. The van der Waals surface area contributed by atoms with E-state index in [1.807, 2.05) is 37.3 Å². The van der Waals surface area contributed by atoms with Crippen molar-refractivity contribution in [1.82, 2.24) is 10.3 Å². The molecule has 29 heavy (non-hydrogen) atoms. The molecule has 0 saturated heterocycles. The lowest BCUT2D eigenvalue weighted by molar-refractivity contribution is 0.251. The van der Waals surface area contributed by atoms with Gasteiger partial charge in [-0.15, -0.1) is 0 Å². The molecule has 0 unspecified atom stereocenters. The van der Waals surface area contributed by atoms with Crippen LogP contribution in [0.3, 0.4) is 0 Å². The molecule has 0 aliphatic heterocycles. The molecule has 0 bridgehead atoms. The van der Waals surface area contributed by atoms with Crippen LogP contribution >= 0.6 is 0 Å². The van der Waals surface area contributed by atoms with Crippen LogP contribution in [0.25, 0.3) is 0 Å². The molecule has 3 rings (SSSR count). The molecule has 2 amide bonds. The van der Waals surface area contributed by atoms with Gasteiger partial charge in [-0.1, -0.05) is 24.3 Å². The maximum atomic E-state index is 12.4. The molecule has 0 aliphatic carbocycles. The van der Waals surface area contributed by atoms with E-state index in [0.29, 0.717) is 17.9 Å². The van der Waals surface area contributed by atoms with Crippen LogP contribution in [-0.2, 0) is 22.3 Å². The molecule has 2 aromatic carbocycles. The van der Waals surface area contributed by atoms with E-state index in [1.54, 1.807) is 42.7 Å². The molecule has 0 radical (unpaired) electrons. The van der Waals surface area contributed by atoms with Crippen LogP contribution in [0.2, 0.25) is 0 Å². The zero-order valence-corrected chi connectivity index (χ0v) is 16.7. The van der Waals surface area contributed by atoms with Crippen molar-refractivity contribution in [1.29, 1.82) is 0 Å². The van der Waals surface area contributed by atoms with E-state index in [-0.39, 0.29) is 11.8 Å². The summed E-state index contributed by atoms with van der Waals surface area (Å²) in [5.41, 5.74) is 3.60. The number of aryl methyl sites for hydroxylation is 1. The molecule has 0 aliphatic rings. The van der Waals surface area contributed by atoms with E-state index in [9.17, 15) is 13.2 Å². The number of hydrogen-bond acceptors (Lipinski definition) is 4. The van der Waals surface area contributed by atoms with Crippen molar-refractivity contribution < 1.29 is 13.2 Å². The molecule has 7 nitrogen and oxygen atoms in total. The number of sulfonamides is 1. The highest BCUT2D eigenvalue weighted by Crippen LogP contribution is 2.17. The fraction of sp³-hybridized carbons (Fsp3) is 0.143. The van der Waals surface area contributed by atoms with Crippen LogP contribution in [0, 0.1) is 6.92 Å². The summed E-state index contributed by atoms with van der Waals surface area (Å²) in [5.74, 6) is -0.100. The predicted octanol–water partition coefficient (Wildman–Crippen LogP) is 3.65. The Morgan fingerprint density at radius 3 is 2.28 bits per heavy atom. The van der Waals surface area contributed by atoms with Crippen LogP contribution in [0.15, 0.2) is 73.1 Å². The zero-order chi connectivity index (χ0) is 20.7. The number of nitrogens with one attached hydrogen (secondary N) is 3. The lowest BCUT2D eigenvalue weighted by Gasteiger charge is -2.11. The second-order valence-corrected chi connectivity index (χ2v) is 8.25. The van der Waals surface area contributed by atoms with Gasteiger partial charge >= 0.3 is 6.03 Å². The minimum absolute atomic E-state index is 0.100. The number of aromatic nitrogens is 1. The van der Waals surface area contributed by atoms with Crippen molar-refractivity contribution in [3.63, 3.8) is 0 Å². The molecule has 3 aromatic rings. The van der Waals surface area contributed by atoms with Gasteiger partial charge in [-0.25, -0.2) is 13.2 Å². The third-order valence-electron chi connectivity index (χ3n) is 4.23. The molecular formula is C21H22N4O3S. The minimum Gasteiger partial charge on any atom is -0.334 e. The average molecular weight is 410 g/mol. The van der Waals surface area contributed by atoms with Gasteiger partial charge in [0.1, 0.15) is 0 Å². The Kier molecular flexibility index (Phi) is 6.46. The topological polar surface area (TPSA) is 100 Å². The summed E-state index contributed by atoms with van der Waals surface area (Å²) in [7, 11) is -3.54. The normalized spacial score (nSPS) is 10.9. The summed E-state index contributed by atoms with van der Waals surface area (Å²) >= 11 is 0. The first-order chi connectivity index (χ1) is 13.9. The molecule has 150 valence electrons. The third kappa shape index (κ3) is 6.32. The standard InChI is InChI=1S/C21H22N4O3S/c1-16-4-2-3-5-18(16)15-29(27,28)25-20-8-6-19(7-9-20)24-21(26)23-14-17-10-12-22-13-11-17/h2-13,25H,14-15H2,1H3,(H2,23,24,26). The molecular weight excluding hydrogens is 388 g/mol. The van der Waals surface area contributed by atoms with Crippen molar-refractivity contribution in [2.24, 2.45) is 0 Å². The van der Waals surface area contributed by atoms with E-state index in [2.05, 4.69) is 20.3 Å². The van der Waals surface area contributed by atoms with Crippen molar-refractivity contribution in [2.75, 3.05) is 10.0 Å². The minimum atomic E-state index is -3.54. The Hall–Kier alpha value is -3.39. The van der Waals surface area contributed by atoms with Crippen molar-refractivity contribution in [3.8, 4) is 0 Å². The summed E-state index contributed by atoms with van der Waals surface area (Å²) in [4.78, 5) is 15.9. The van der Waals surface area contributed by atoms with Gasteiger partial charge in [0.15, 0.2) is 0 Å². The fourth-order valence-electron chi connectivity index (χ4n) is 2.67. The highest BCUT2D eigenvalue weighted by atomic mass is 32.2. The second-order valence-electron chi connectivity index (χ2n) is 6.53. The van der Waals surface area contributed by atoms with Gasteiger partial charge in [0.05, 0.1) is 5.75 Å². The highest BCUT2D eigenvalue weighted by molar-refractivity contribution is 7.91. The number of carbonyl (C=O) groups is 1. The number of anilines is 2. The molecule has 0 atom stereocenters. The molecule has 0 fully saturated rings. The Bertz CT molecular complexity index is 1070. The van der Waals surface area contributed by atoms with Gasteiger partial charge in [0, 0.05) is 30.3 Å². The number of rotatable bonds is 7. The van der Waals surface area contributed by atoms with Gasteiger partial charge in [-0.2, -0.15) is 0 Å². The Morgan fingerprint density at radius 2 is 1.59 bits per heavy atom. The monoisotopic (exact) mass is 410 g/mol. The lowest BCUT2D eigenvalue weighted by Crippen LogP contribution is -2.28. The number of amides is 2. The largest absolute Gasteiger partial charge is 0.334 e. The molecule has 1 aromatic heterocycles. The Balaban J connectivity index is 1.54. The van der Waals surface area contributed by atoms with Gasteiger partial charge in [-0.05, 0) is 60.0 Å². The summed E-state index contributed by atoms with van der Waals surface area (Å²) in [6, 6.07) is 17.1. The summed E-state index contributed by atoms with van der Waals surface area (Å²) in [6.07, 6.45) is 3.32. The molecule has 0 saturated carbocycles. The van der Waals surface area contributed by atoms with Crippen LogP contribution in [-0.4, -0.2) is 19.4 Å². The zero-order valence-electron chi connectivity index (χ0n) is 15.9. The SMILES string of the molecule is Cc1ccccc1CS(=O)(=O)Nc1ccc(NC(=O)NCc2ccncc2)cc1. The van der Waals surface area contributed by atoms with E-state index < -0.39 is 10.0 Å². The van der Waals surface area contributed by atoms with E-state index in [0.717, 1.165) is 16.7 Å². The van der Waals surface area contributed by atoms with Crippen molar-refractivity contribution in [3.05, 3.63) is 89.7 Å². The first-order valence-electron chi connectivity index (χ1n) is 9.00. The summed E-state index contributed by atoms with van der Waals surface area (Å²) in [6.45, 7) is 2.26.